The standard InChI is InChI=1S/C13H11N3S.FH.Ga/c14-16(12-9-5-2-6-10-12)13(17)15-11-7-3-1-4-8-11;;/h1-10H,(H,15,17);1H;/q;;+1/p-1. The van der Waals surface area contributed by atoms with Crippen LogP contribution in [0.2, 0.25) is 0 Å². The van der Waals surface area contributed by atoms with Gasteiger partial charge >= 0.3 is 122 Å². The van der Waals surface area contributed by atoms with E-state index in [2.05, 4.69) is 9.07 Å². The van der Waals surface area contributed by atoms with Crippen molar-refractivity contribution in [1.29, 1.82) is 0 Å². The van der Waals surface area contributed by atoms with Gasteiger partial charge in [0.15, 0.2) is 0 Å². The van der Waals surface area contributed by atoms with Crippen LogP contribution in [0.15, 0.2) is 64.4 Å². The summed E-state index contributed by atoms with van der Waals surface area (Å²) >= 11 is 6.63. The summed E-state index contributed by atoms with van der Waals surface area (Å²) in [4.78, 5) is 0. The van der Waals surface area contributed by atoms with Crippen LogP contribution in [0.3, 0.4) is 0 Å². The summed E-state index contributed by atoms with van der Waals surface area (Å²) in [6, 6.07) is 19.7. The monoisotopic (exact) mass is 329 g/mol. The average molecular weight is 330 g/mol. The Morgan fingerprint density at radius 2 is 1.53 bits per heavy atom. The molecule has 0 aliphatic heterocycles. The van der Waals surface area contributed by atoms with E-state index in [0.717, 1.165) is 11.4 Å². The molecule has 19 heavy (non-hydrogen) atoms. The van der Waals surface area contributed by atoms with Crippen molar-refractivity contribution in [3.8, 4) is 0 Å². The number of benzene rings is 2. The van der Waals surface area contributed by atoms with Crippen molar-refractivity contribution in [3.63, 3.8) is 0 Å². The molecule has 0 aliphatic carbocycles. The van der Waals surface area contributed by atoms with Gasteiger partial charge < -0.3 is 4.70 Å². The van der Waals surface area contributed by atoms with Crippen LogP contribution in [-0.2, 0) is 0 Å². The maximum atomic E-state index is 5.37. The average Bonchev–Trinajstić information content (AvgIpc) is 2.42. The Hall–Kier alpha value is -1.50. The van der Waals surface area contributed by atoms with Gasteiger partial charge in [0.1, 0.15) is 0 Å². The van der Waals surface area contributed by atoms with Gasteiger partial charge in [-0.15, -0.1) is 0 Å². The van der Waals surface area contributed by atoms with Crippen LogP contribution in [0.1, 0.15) is 0 Å². The van der Waals surface area contributed by atoms with Crippen LogP contribution in [0.5, 0.6) is 0 Å². The number of hydrogen-bond donors (Lipinski definition) is 1. The smallest absolute Gasteiger partial charge is 1.00 e. The number of thiocarbonyl (C=S) groups is 1. The fourth-order valence-electron chi connectivity index (χ4n) is 1.50. The van der Waals surface area contributed by atoms with Gasteiger partial charge in [0.25, 0.3) is 0 Å². The molecular formula is C13H11FGaN3S. The van der Waals surface area contributed by atoms with Gasteiger partial charge in [-0.1, -0.05) is 0 Å². The zero-order valence-corrected chi connectivity index (χ0v) is 13.3. The minimum absolute atomic E-state index is 0. The number of rotatable bonds is 3. The number of halogens is 1. The molecule has 2 aromatic carbocycles. The Morgan fingerprint density at radius 3 is 2.05 bits per heavy atom. The summed E-state index contributed by atoms with van der Waals surface area (Å²) in [6.45, 7) is 0. The third kappa shape index (κ3) is 4.27. The molecule has 2 aromatic rings. The van der Waals surface area contributed by atoms with Crippen LogP contribution >= 0.6 is 12.2 Å². The Kier molecular flexibility index (Phi) is 6.41. The third-order valence-corrected chi connectivity index (χ3v) is 3.09. The van der Waals surface area contributed by atoms with Crippen LogP contribution in [0.25, 0.3) is 0 Å². The minimum atomic E-state index is 0. The van der Waals surface area contributed by atoms with E-state index in [9.17, 15) is 0 Å². The molecule has 6 heteroatoms. The van der Waals surface area contributed by atoms with E-state index >= 15 is 0 Å². The molecule has 0 heterocycles. The molecule has 0 spiro atoms. The van der Waals surface area contributed by atoms with E-state index in [1.54, 1.807) is 5.01 Å². The Labute approximate surface area is 126 Å². The first kappa shape index (κ1) is 15.6. The topological polar surface area (TPSA) is 27.6 Å². The molecule has 0 fully saturated rings. The van der Waals surface area contributed by atoms with E-state index in [-0.39, 0.29) is 4.70 Å². The first-order chi connectivity index (χ1) is 8.81. The molecular weight excluding hydrogens is 319 g/mol. The minimum Gasteiger partial charge on any atom is -1.00 e. The second-order valence-electron chi connectivity index (χ2n) is 3.56. The predicted molar refractivity (Wildman–Crippen MR) is 79.8 cm³/mol. The number of hydrogen-bond acceptors (Lipinski definition) is 2. The van der Waals surface area contributed by atoms with Crippen molar-refractivity contribution in [3.05, 3.63) is 60.7 Å². The summed E-state index contributed by atoms with van der Waals surface area (Å²) in [5, 5.41) is 5.46. The zero-order chi connectivity index (χ0) is 12.8. The van der Waals surface area contributed by atoms with Gasteiger partial charge in [-0.25, -0.2) is 0 Å². The van der Waals surface area contributed by atoms with Gasteiger partial charge in [0, 0.05) is 0 Å². The number of anilines is 2. The van der Waals surface area contributed by atoms with Crippen molar-refractivity contribution in [2.75, 3.05) is 10.3 Å². The molecule has 0 aromatic heterocycles. The zero-order valence-electron chi connectivity index (χ0n) is 10.0. The van der Waals surface area contributed by atoms with Crippen molar-refractivity contribution in [2.24, 2.45) is 3.76 Å². The maximum Gasteiger partial charge on any atom is -1.00 e. The second-order valence-corrected chi connectivity index (χ2v) is 4.43. The molecule has 0 bridgehead atoms. The summed E-state index contributed by atoms with van der Waals surface area (Å²) in [7, 11) is 0. The quantitative estimate of drug-likeness (QED) is 0.494. The Bertz CT molecular complexity index is 536. The molecule has 3 nitrogen and oxygen atoms in total. The normalized spacial score (nSPS) is 9.16. The fourth-order valence-corrected chi connectivity index (χ4v) is 2.47. The molecule has 0 unspecified atom stereocenters. The largest absolute Gasteiger partial charge is 1.00 e. The van der Waals surface area contributed by atoms with E-state index in [0.29, 0.717) is 5.11 Å². The number of nitrogens with zero attached hydrogens (tertiary/aromatic N) is 2. The van der Waals surface area contributed by atoms with Gasteiger partial charge in [0.05, 0.1) is 0 Å². The molecule has 0 atom stereocenters. The van der Waals surface area contributed by atoms with Crippen LogP contribution in [0.4, 0.5) is 11.4 Å². The predicted octanol–water partition coefficient (Wildman–Crippen LogP) is 0.161. The van der Waals surface area contributed by atoms with Crippen LogP contribution in [-0.4, -0.2) is 23.5 Å². The van der Waals surface area contributed by atoms with Crippen molar-refractivity contribution >= 4 is 47.1 Å². The van der Waals surface area contributed by atoms with Gasteiger partial charge in [-0.3, -0.25) is 0 Å². The fraction of sp³-hybridized carbons (Fsp3) is 0. The summed E-state index contributed by atoms with van der Waals surface area (Å²) in [5.41, 5.74) is 1.91. The summed E-state index contributed by atoms with van der Waals surface area (Å²) < 4.78 is 4.25. The first-order valence-electron chi connectivity index (χ1n) is 5.43. The van der Waals surface area contributed by atoms with E-state index < -0.39 is 0 Å². The van der Waals surface area contributed by atoms with Gasteiger partial charge in [-0.2, -0.15) is 0 Å². The van der Waals surface area contributed by atoms with Gasteiger partial charge in [-0.05, 0) is 0 Å². The van der Waals surface area contributed by atoms with Crippen molar-refractivity contribution in [2.45, 2.75) is 0 Å². The SMILES string of the molecule is S=C(Nc1ccccc1)N([N]=[Ga+])c1ccccc1.[F-]. The third-order valence-electron chi connectivity index (χ3n) is 2.33. The molecule has 94 valence electrons. The van der Waals surface area contributed by atoms with Crippen LogP contribution < -0.4 is 15.0 Å². The molecule has 0 saturated carbocycles. The van der Waals surface area contributed by atoms with Crippen LogP contribution in [0, 0.1) is 0 Å². The number of nitrogens with one attached hydrogen (secondary N) is 1. The van der Waals surface area contributed by atoms with Crippen molar-refractivity contribution < 1.29 is 4.70 Å². The van der Waals surface area contributed by atoms with E-state index in [1.165, 1.54) is 18.4 Å². The Morgan fingerprint density at radius 1 is 1.00 bits per heavy atom. The Balaban J connectivity index is 0.00000180. The molecule has 0 radical (unpaired) electrons. The van der Waals surface area contributed by atoms with Gasteiger partial charge in [0.2, 0.25) is 0 Å². The summed E-state index contributed by atoms with van der Waals surface area (Å²) in [5.74, 6) is 0. The van der Waals surface area contributed by atoms with E-state index in [4.69, 9.17) is 12.2 Å². The molecule has 0 aliphatic rings. The second kappa shape index (κ2) is 7.83. The first-order valence-corrected chi connectivity index (χ1v) is 6.92. The van der Waals surface area contributed by atoms with Crippen molar-refractivity contribution in [1.82, 2.24) is 0 Å². The summed E-state index contributed by atoms with van der Waals surface area (Å²) in [6.07, 6.45) is 0. The molecule has 1 N–H and O–H groups in total. The van der Waals surface area contributed by atoms with E-state index in [1.807, 2.05) is 60.7 Å². The number of para-hydroxylation sites is 2. The molecule has 2 rings (SSSR count). The molecule has 0 amide bonds. The molecule has 0 saturated heterocycles. The maximum absolute atomic E-state index is 5.37.